The Balaban J connectivity index is 2.08. The molecule has 1 amide bonds. The van der Waals surface area contributed by atoms with Gasteiger partial charge in [-0.05, 0) is 19.1 Å². The largest absolute Gasteiger partial charge is 0.351 e. The van der Waals surface area contributed by atoms with Crippen LogP contribution in [0.5, 0.6) is 0 Å². The number of nitro groups is 1. The van der Waals surface area contributed by atoms with Crippen molar-refractivity contribution < 1.29 is 14.1 Å². The van der Waals surface area contributed by atoms with Gasteiger partial charge in [0.15, 0.2) is 0 Å². The maximum absolute atomic E-state index is 13.1. The zero-order chi connectivity index (χ0) is 16.3. The van der Waals surface area contributed by atoms with Gasteiger partial charge in [-0.1, -0.05) is 6.92 Å². The SMILES string of the molecule is Cc1csc([C@@H](C)CNC(=O)c2ccc(F)cc2[N+](=O)[O-])n1. The molecule has 0 saturated carbocycles. The number of aryl methyl sites for hydroxylation is 1. The van der Waals surface area contributed by atoms with E-state index in [1.54, 1.807) is 0 Å². The van der Waals surface area contributed by atoms with E-state index >= 15 is 0 Å². The predicted molar refractivity (Wildman–Crippen MR) is 80.7 cm³/mol. The zero-order valence-electron chi connectivity index (χ0n) is 12.0. The molecular formula is C14H14FN3O3S. The highest BCUT2D eigenvalue weighted by Crippen LogP contribution is 2.21. The van der Waals surface area contributed by atoms with Crippen LogP contribution in [-0.2, 0) is 0 Å². The number of amides is 1. The lowest BCUT2D eigenvalue weighted by Crippen LogP contribution is -2.28. The van der Waals surface area contributed by atoms with E-state index in [1.807, 2.05) is 19.2 Å². The van der Waals surface area contributed by atoms with Crippen LogP contribution in [0, 0.1) is 22.9 Å². The van der Waals surface area contributed by atoms with Gasteiger partial charge in [0.05, 0.1) is 16.0 Å². The number of hydrogen-bond acceptors (Lipinski definition) is 5. The monoisotopic (exact) mass is 323 g/mol. The number of thiazole rings is 1. The molecule has 0 aliphatic heterocycles. The highest BCUT2D eigenvalue weighted by molar-refractivity contribution is 7.09. The van der Waals surface area contributed by atoms with Crippen LogP contribution in [0.1, 0.15) is 33.9 Å². The first-order valence-corrected chi connectivity index (χ1v) is 7.40. The Morgan fingerprint density at radius 1 is 1.55 bits per heavy atom. The minimum Gasteiger partial charge on any atom is -0.351 e. The van der Waals surface area contributed by atoms with Crippen LogP contribution in [0.15, 0.2) is 23.6 Å². The summed E-state index contributed by atoms with van der Waals surface area (Å²) < 4.78 is 13.1. The summed E-state index contributed by atoms with van der Waals surface area (Å²) in [6.07, 6.45) is 0. The van der Waals surface area contributed by atoms with Gasteiger partial charge in [-0.3, -0.25) is 14.9 Å². The van der Waals surface area contributed by atoms with Crippen molar-refractivity contribution in [2.75, 3.05) is 6.54 Å². The first-order chi connectivity index (χ1) is 10.4. The molecule has 0 unspecified atom stereocenters. The van der Waals surface area contributed by atoms with Crippen molar-refractivity contribution in [1.29, 1.82) is 0 Å². The number of aromatic nitrogens is 1. The minimum absolute atomic E-state index is 0.0119. The molecule has 0 fully saturated rings. The van der Waals surface area contributed by atoms with Crippen molar-refractivity contribution in [1.82, 2.24) is 10.3 Å². The van der Waals surface area contributed by atoms with E-state index in [9.17, 15) is 19.3 Å². The normalized spacial score (nSPS) is 12.0. The number of carbonyl (C=O) groups excluding carboxylic acids is 1. The molecule has 1 aromatic carbocycles. The molecule has 0 radical (unpaired) electrons. The number of hydrogen-bond donors (Lipinski definition) is 1. The highest BCUT2D eigenvalue weighted by atomic mass is 32.1. The average molecular weight is 323 g/mol. The van der Waals surface area contributed by atoms with E-state index in [2.05, 4.69) is 10.3 Å². The summed E-state index contributed by atoms with van der Waals surface area (Å²) >= 11 is 1.49. The van der Waals surface area contributed by atoms with Crippen molar-refractivity contribution in [3.05, 3.63) is 55.8 Å². The maximum Gasteiger partial charge on any atom is 0.285 e. The number of nitrogens with zero attached hydrogens (tertiary/aromatic N) is 2. The van der Waals surface area contributed by atoms with Crippen LogP contribution < -0.4 is 5.32 Å². The van der Waals surface area contributed by atoms with Gasteiger partial charge >= 0.3 is 0 Å². The fourth-order valence-corrected chi connectivity index (χ4v) is 2.73. The average Bonchev–Trinajstić information content (AvgIpc) is 2.91. The summed E-state index contributed by atoms with van der Waals surface area (Å²) in [5.41, 5.74) is 0.205. The molecule has 0 bridgehead atoms. The summed E-state index contributed by atoms with van der Waals surface area (Å²) in [4.78, 5) is 26.5. The van der Waals surface area contributed by atoms with Gasteiger partial charge in [0.25, 0.3) is 11.6 Å². The van der Waals surface area contributed by atoms with E-state index in [0.717, 1.165) is 28.9 Å². The Bertz CT molecular complexity index is 717. The summed E-state index contributed by atoms with van der Waals surface area (Å²) in [6.45, 7) is 4.07. The summed E-state index contributed by atoms with van der Waals surface area (Å²) in [5, 5.41) is 16.3. The molecule has 0 aliphatic rings. The molecule has 116 valence electrons. The second-order valence-electron chi connectivity index (χ2n) is 4.86. The van der Waals surface area contributed by atoms with Gasteiger partial charge in [0.2, 0.25) is 0 Å². The Hall–Kier alpha value is -2.35. The molecule has 2 aromatic rings. The van der Waals surface area contributed by atoms with Crippen LogP contribution in [0.3, 0.4) is 0 Å². The second kappa shape index (κ2) is 6.61. The number of carbonyl (C=O) groups is 1. The van der Waals surface area contributed by atoms with E-state index < -0.39 is 22.3 Å². The smallest absolute Gasteiger partial charge is 0.285 e. The van der Waals surface area contributed by atoms with Crippen LogP contribution in [-0.4, -0.2) is 22.4 Å². The molecule has 1 aromatic heterocycles. The van der Waals surface area contributed by atoms with E-state index in [1.165, 1.54) is 11.3 Å². The van der Waals surface area contributed by atoms with Crippen LogP contribution >= 0.6 is 11.3 Å². The minimum atomic E-state index is -0.772. The van der Waals surface area contributed by atoms with Crippen LogP contribution in [0.25, 0.3) is 0 Å². The molecule has 0 spiro atoms. The number of halogens is 1. The van der Waals surface area contributed by atoms with Gasteiger partial charge in [-0.15, -0.1) is 11.3 Å². The van der Waals surface area contributed by atoms with Crippen molar-refractivity contribution in [2.24, 2.45) is 0 Å². The standard InChI is InChI=1S/C14H14FN3O3S/c1-8(14-17-9(2)7-22-14)6-16-13(19)11-4-3-10(15)5-12(11)18(20)21/h3-5,7-8H,6H2,1-2H3,(H,16,19)/t8-/m0/s1. The van der Waals surface area contributed by atoms with Gasteiger partial charge in [-0.2, -0.15) is 0 Å². The van der Waals surface area contributed by atoms with Gasteiger partial charge < -0.3 is 5.32 Å². The molecule has 6 nitrogen and oxygen atoms in total. The summed E-state index contributed by atoms with van der Waals surface area (Å²) in [5.74, 6) is -1.37. The lowest BCUT2D eigenvalue weighted by atomic mass is 10.1. The van der Waals surface area contributed by atoms with Crippen LogP contribution in [0.4, 0.5) is 10.1 Å². The van der Waals surface area contributed by atoms with Crippen molar-refractivity contribution >= 4 is 22.9 Å². The van der Waals surface area contributed by atoms with Gasteiger partial charge in [0.1, 0.15) is 11.4 Å². The Morgan fingerprint density at radius 3 is 2.86 bits per heavy atom. The molecule has 1 heterocycles. The Morgan fingerprint density at radius 2 is 2.27 bits per heavy atom. The van der Waals surface area contributed by atoms with Crippen molar-refractivity contribution in [2.45, 2.75) is 19.8 Å². The molecular weight excluding hydrogens is 309 g/mol. The van der Waals surface area contributed by atoms with E-state index in [-0.39, 0.29) is 11.5 Å². The molecule has 22 heavy (non-hydrogen) atoms. The molecule has 2 rings (SSSR count). The second-order valence-corrected chi connectivity index (χ2v) is 5.75. The third-order valence-corrected chi connectivity index (χ3v) is 4.22. The molecule has 1 atom stereocenters. The van der Waals surface area contributed by atoms with Gasteiger partial charge in [-0.25, -0.2) is 9.37 Å². The maximum atomic E-state index is 13.1. The number of benzene rings is 1. The van der Waals surface area contributed by atoms with Crippen molar-refractivity contribution in [3.8, 4) is 0 Å². The third-order valence-electron chi connectivity index (χ3n) is 3.03. The Kier molecular flexibility index (Phi) is 4.81. The molecule has 1 N–H and O–H groups in total. The van der Waals surface area contributed by atoms with Gasteiger partial charge in [0, 0.05) is 23.5 Å². The lowest BCUT2D eigenvalue weighted by molar-refractivity contribution is -0.385. The number of nitro benzene ring substituents is 1. The lowest BCUT2D eigenvalue weighted by Gasteiger charge is -2.10. The number of nitrogens with one attached hydrogen (secondary N) is 1. The van der Waals surface area contributed by atoms with E-state index in [4.69, 9.17) is 0 Å². The first kappa shape index (κ1) is 16.0. The third kappa shape index (κ3) is 3.64. The summed E-state index contributed by atoms with van der Waals surface area (Å²) in [6, 6.07) is 2.87. The zero-order valence-corrected chi connectivity index (χ0v) is 12.8. The first-order valence-electron chi connectivity index (χ1n) is 6.52. The Labute approximate surface area is 130 Å². The quantitative estimate of drug-likeness (QED) is 0.677. The molecule has 8 heteroatoms. The number of rotatable bonds is 5. The molecule has 0 saturated heterocycles. The van der Waals surface area contributed by atoms with Crippen LogP contribution in [0.2, 0.25) is 0 Å². The van der Waals surface area contributed by atoms with Crippen molar-refractivity contribution in [3.63, 3.8) is 0 Å². The fraction of sp³-hybridized carbons (Fsp3) is 0.286. The highest BCUT2D eigenvalue weighted by Gasteiger charge is 2.21. The predicted octanol–water partition coefficient (Wildman–Crippen LogP) is 3.03. The topological polar surface area (TPSA) is 85.1 Å². The van der Waals surface area contributed by atoms with E-state index in [0.29, 0.717) is 6.54 Å². The summed E-state index contributed by atoms with van der Waals surface area (Å²) in [7, 11) is 0. The fourth-order valence-electron chi connectivity index (χ4n) is 1.87. The molecule has 0 aliphatic carbocycles.